The standard InChI is InChI=1S/C60H47N/c1-38-15-5-6-16-45(38)46-32-30-43(35-39(46)2)61(42-28-25-40(26-29-42)41-27-34-54-52(36-41)50-20-7-11-21-53(50)59(54,3)4)44-31-33-51-49-19-10-14-24-57(49)60(58(51)37-44)55-22-12-8-17-47(55)48-18-9-13-23-56(48)60/h5-8,10-17,19-37H,9,18H2,1-4H3. The minimum Gasteiger partial charge on any atom is -0.310 e. The van der Waals surface area contributed by atoms with Gasteiger partial charge in [-0.05, 0) is 169 Å². The molecule has 8 aromatic rings. The van der Waals surface area contributed by atoms with Crippen molar-refractivity contribution in [2.24, 2.45) is 0 Å². The fourth-order valence-electron chi connectivity index (χ4n) is 11.6. The number of hydrogen-bond donors (Lipinski definition) is 0. The fraction of sp³-hybridized carbons (Fsp3) is 0.133. The topological polar surface area (TPSA) is 3.24 Å². The van der Waals surface area contributed by atoms with Gasteiger partial charge in [-0.25, -0.2) is 0 Å². The van der Waals surface area contributed by atoms with Crippen molar-refractivity contribution in [3.8, 4) is 44.5 Å². The van der Waals surface area contributed by atoms with Crippen LogP contribution >= 0.6 is 0 Å². The molecule has 1 nitrogen and oxygen atoms in total. The number of benzene rings is 8. The Bertz CT molecular complexity index is 3190. The summed E-state index contributed by atoms with van der Waals surface area (Å²) in [5, 5.41) is 0. The van der Waals surface area contributed by atoms with E-state index in [-0.39, 0.29) is 10.8 Å². The monoisotopic (exact) mass is 781 g/mol. The van der Waals surface area contributed by atoms with E-state index < -0.39 is 0 Å². The third kappa shape index (κ3) is 5.07. The van der Waals surface area contributed by atoms with Crippen molar-refractivity contribution in [3.63, 3.8) is 0 Å². The van der Waals surface area contributed by atoms with Crippen LogP contribution in [0.3, 0.4) is 0 Å². The zero-order valence-corrected chi connectivity index (χ0v) is 35.3. The quantitative estimate of drug-likeness (QED) is 0.168. The maximum atomic E-state index is 2.52. The molecule has 0 saturated carbocycles. The van der Waals surface area contributed by atoms with E-state index in [1.54, 1.807) is 0 Å². The minimum atomic E-state index is -0.369. The Hall–Kier alpha value is -6.96. The van der Waals surface area contributed by atoms with Crippen LogP contribution in [0.2, 0.25) is 0 Å². The van der Waals surface area contributed by atoms with Gasteiger partial charge in [-0.1, -0.05) is 159 Å². The molecule has 0 bridgehead atoms. The Morgan fingerprint density at radius 2 is 0.951 bits per heavy atom. The maximum Gasteiger partial charge on any atom is 0.0722 e. The van der Waals surface area contributed by atoms with Crippen LogP contribution in [0.1, 0.15) is 71.2 Å². The van der Waals surface area contributed by atoms with Gasteiger partial charge in [0.05, 0.1) is 5.41 Å². The third-order valence-corrected chi connectivity index (χ3v) is 14.5. The van der Waals surface area contributed by atoms with Crippen molar-refractivity contribution in [3.05, 3.63) is 238 Å². The summed E-state index contributed by atoms with van der Waals surface area (Å²) in [5.41, 5.74) is 27.3. The highest BCUT2D eigenvalue weighted by atomic mass is 15.1. The molecule has 4 aliphatic carbocycles. The highest BCUT2D eigenvalue weighted by molar-refractivity contribution is 5.97. The zero-order chi connectivity index (χ0) is 41.0. The molecule has 1 heteroatoms. The van der Waals surface area contributed by atoms with Crippen LogP contribution in [-0.2, 0) is 10.8 Å². The molecule has 0 heterocycles. The molecular weight excluding hydrogens is 735 g/mol. The SMILES string of the molecule is Cc1ccccc1-c1ccc(N(c2ccc(-c3ccc4c(c3)-c3ccccc3C4(C)C)cc2)c2ccc3c(c2)C2(C4=C(CCC=C4)c4ccccc42)c2ccccc2-3)cc1C. The summed E-state index contributed by atoms with van der Waals surface area (Å²) >= 11 is 0. The second-order valence-electron chi connectivity index (χ2n) is 18.0. The molecular formula is C60H47N. The zero-order valence-electron chi connectivity index (χ0n) is 35.3. The second kappa shape index (κ2) is 13.3. The smallest absolute Gasteiger partial charge is 0.0722 e. The van der Waals surface area contributed by atoms with Crippen LogP contribution in [0.25, 0.3) is 50.1 Å². The maximum absolute atomic E-state index is 2.52. The first kappa shape index (κ1) is 35.9. The first-order chi connectivity index (χ1) is 29.8. The predicted octanol–water partition coefficient (Wildman–Crippen LogP) is 15.8. The van der Waals surface area contributed by atoms with Gasteiger partial charge < -0.3 is 4.90 Å². The van der Waals surface area contributed by atoms with Gasteiger partial charge in [0, 0.05) is 22.5 Å². The Kier molecular flexibility index (Phi) is 7.82. The molecule has 0 radical (unpaired) electrons. The van der Waals surface area contributed by atoms with Gasteiger partial charge in [0.2, 0.25) is 0 Å². The van der Waals surface area contributed by atoms with Gasteiger partial charge in [-0.3, -0.25) is 0 Å². The van der Waals surface area contributed by atoms with E-state index in [1.807, 2.05) is 0 Å². The third-order valence-electron chi connectivity index (χ3n) is 14.5. The number of fused-ring (bicyclic) bond motifs is 12. The highest BCUT2D eigenvalue weighted by Gasteiger charge is 2.52. The fourth-order valence-corrected chi connectivity index (χ4v) is 11.6. The minimum absolute atomic E-state index is 0.0105. The molecule has 0 aromatic heterocycles. The summed E-state index contributed by atoms with van der Waals surface area (Å²) in [6.07, 6.45) is 6.99. The lowest BCUT2D eigenvalue weighted by molar-refractivity contribution is 0.660. The van der Waals surface area contributed by atoms with Crippen LogP contribution in [-0.4, -0.2) is 0 Å². The highest BCUT2D eigenvalue weighted by Crippen LogP contribution is 2.64. The number of allylic oxidation sites excluding steroid dienone is 4. The van der Waals surface area contributed by atoms with E-state index in [9.17, 15) is 0 Å². The van der Waals surface area contributed by atoms with Crippen LogP contribution < -0.4 is 4.90 Å². The normalized spacial score (nSPS) is 17.1. The summed E-state index contributed by atoms with van der Waals surface area (Å²) in [5.74, 6) is 0. The molecule has 61 heavy (non-hydrogen) atoms. The largest absolute Gasteiger partial charge is 0.310 e. The summed E-state index contributed by atoms with van der Waals surface area (Å²) in [7, 11) is 0. The van der Waals surface area contributed by atoms with E-state index >= 15 is 0 Å². The average Bonchev–Trinajstić information content (AvgIpc) is 3.85. The molecule has 0 aliphatic heterocycles. The molecule has 4 aliphatic rings. The average molecular weight is 782 g/mol. The molecule has 0 saturated heterocycles. The molecule has 1 unspecified atom stereocenters. The van der Waals surface area contributed by atoms with Crippen molar-refractivity contribution < 1.29 is 0 Å². The molecule has 0 fully saturated rings. The molecule has 1 atom stereocenters. The lowest BCUT2D eigenvalue weighted by Gasteiger charge is -2.33. The number of anilines is 3. The van der Waals surface area contributed by atoms with Crippen molar-refractivity contribution in [1.82, 2.24) is 0 Å². The van der Waals surface area contributed by atoms with Crippen LogP contribution in [0.4, 0.5) is 17.1 Å². The van der Waals surface area contributed by atoms with Gasteiger partial charge in [-0.2, -0.15) is 0 Å². The van der Waals surface area contributed by atoms with E-state index in [2.05, 4.69) is 221 Å². The number of rotatable bonds is 5. The molecule has 292 valence electrons. The van der Waals surface area contributed by atoms with Crippen molar-refractivity contribution in [1.29, 1.82) is 0 Å². The predicted molar refractivity (Wildman–Crippen MR) is 256 cm³/mol. The van der Waals surface area contributed by atoms with Gasteiger partial charge in [0.15, 0.2) is 0 Å². The number of aryl methyl sites for hydroxylation is 2. The van der Waals surface area contributed by atoms with Crippen molar-refractivity contribution >= 4 is 22.6 Å². The Balaban J connectivity index is 1.03. The first-order valence-corrected chi connectivity index (χ1v) is 21.9. The van der Waals surface area contributed by atoms with Crippen LogP contribution in [0, 0.1) is 13.8 Å². The van der Waals surface area contributed by atoms with Gasteiger partial charge >= 0.3 is 0 Å². The summed E-state index contributed by atoms with van der Waals surface area (Å²) in [6, 6.07) is 66.6. The first-order valence-electron chi connectivity index (χ1n) is 21.9. The van der Waals surface area contributed by atoms with Crippen LogP contribution in [0.5, 0.6) is 0 Å². The molecule has 1 spiro atoms. The van der Waals surface area contributed by atoms with Gasteiger partial charge in [0.25, 0.3) is 0 Å². The summed E-state index contributed by atoms with van der Waals surface area (Å²) in [6.45, 7) is 9.16. The van der Waals surface area contributed by atoms with Crippen LogP contribution in [0.15, 0.2) is 194 Å². The van der Waals surface area contributed by atoms with Gasteiger partial charge in [0.1, 0.15) is 0 Å². The molecule has 12 rings (SSSR count). The number of hydrogen-bond acceptors (Lipinski definition) is 1. The van der Waals surface area contributed by atoms with E-state index in [4.69, 9.17) is 0 Å². The van der Waals surface area contributed by atoms with Gasteiger partial charge in [-0.15, -0.1) is 0 Å². The van der Waals surface area contributed by atoms with E-state index in [0.29, 0.717) is 0 Å². The Morgan fingerprint density at radius 3 is 1.69 bits per heavy atom. The molecule has 8 aromatic carbocycles. The summed E-state index contributed by atoms with van der Waals surface area (Å²) < 4.78 is 0. The number of nitrogens with zero attached hydrogens (tertiary/aromatic N) is 1. The second-order valence-corrected chi connectivity index (χ2v) is 18.0. The van der Waals surface area contributed by atoms with Crippen molar-refractivity contribution in [2.45, 2.75) is 51.4 Å². The van der Waals surface area contributed by atoms with E-state index in [0.717, 1.165) is 29.9 Å². The molecule has 0 N–H and O–H groups in total. The van der Waals surface area contributed by atoms with E-state index in [1.165, 1.54) is 100 Å². The summed E-state index contributed by atoms with van der Waals surface area (Å²) in [4.78, 5) is 2.48. The Morgan fingerprint density at radius 1 is 0.410 bits per heavy atom. The molecule has 0 amide bonds. The lowest BCUT2D eigenvalue weighted by atomic mass is 9.69. The Labute approximate surface area is 360 Å². The lowest BCUT2D eigenvalue weighted by Crippen LogP contribution is -2.27. The van der Waals surface area contributed by atoms with Crippen molar-refractivity contribution in [2.75, 3.05) is 4.90 Å².